The molecule has 1 aromatic heterocycles. The van der Waals surface area contributed by atoms with Crippen molar-refractivity contribution in [3.05, 3.63) is 82.2 Å². The molecule has 8 nitrogen and oxygen atoms in total. The van der Waals surface area contributed by atoms with Gasteiger partial charge in [0.2, 0.25) is 5.91 Å². The normalized spacial score (nSPS) is 18.1. The van der Waals surface area contributed by atoms with E-state index >= 15 is 0 Å². The van der Waals surface area contributed by atoms with Crippen LogP contribution in [0.2, 0.25) is 0 Å². The second-order valence-electron chi connectivity index (χ2n) is 9.30. The Morgan fingerprint density at radius 3 is 2.61 bits per heavy atom. The van der Waals surface area contributed by atoms with Gasteiger partial charge in [0.1, 0.15) is 17.7 Å². The number of nitrogens with zero attached hydrogens (tertiary/aromatic N) is 4. The van der Waals surface area contributed by atoms with Crippen LogP contribution in [0.4, 0.5) is 8.78 Å². The zero-order chi connectivity index (χ0) is 25.2. The van der Waals surface area contributed by atoms with Crippen molar-refractivity contribution < 1.29 is 23.1 Å². The lowest BCUT2D eigenvalue weighted by Crippen LogP contribution is -2.43. The van der Waals surface area contributed by atoms with Gasteiger partial charge >= 0.3 is 0 Å². The maximum Gasteiger partial charge on any atom is 0.276 e. The third-order valence-electron chi connectivity index (χ3n) is 6.86. The Morgan fingerprint density at radius 2 is 1.86 bits per heavy atom. The lowest BCUT2D eigenvalue weighted by atomic mass is 9.95. The van der Waals surface area contributed by atoms with Crippen molar-refractivity contribution in [1.82, 2.24) is 25.2 Å². The first-order chi connectivity index (χ1) is 17.4. The highest BCUT2D eigenvalue weighted by Crippen LogP contribution is 2.28. The number of fused-ring (bicyclic) bond motifs is 1. The molecule has 2 aliphatic heterocycles. The van der Waals surface area contributed by atoms with Gasteiger partial charge in [0.25, 0.3) is 5.91 Å². The van der Waals surface area contributed by atoms with E-state index in [1.807, 2.05) is 31.2 Å². The fourth-order valence-electron chi connectivity index (χ4n) is 4.66. The van der Waals surface area contributed by atoms with E-state index in [1.54, 1.807) is 9.58 Å². The van der Waals surface area contributed by atoms with Gasteiger partial charge in [0.05, 0.1) is 18.8 Å². The summed E-state index contributed by atoms with van der Waals surface area (Å²) >= 11 is 0. The van der Waals surface area contributed by atoms with Crippen LogP contribution in [0.5, 0.6) is 0 Å². The number of amides is 2. The monoisotopic (exact) mass is 495 g/mol. The van der Waals surface area contributed by atoms with Gasteiger partial charge in [-0.25, -0.2) is 13.5 Å². The SMILES string of the molecule is Cc1ccc([C@H]2Cn3nnc(C(=O)N4CCC(C(=O)NCc5cc(F)ccc5F)CC4)c3CO2)cc1. The molecule has 0 radical (unpaired) electrons. The van der Waals surface area contributed by atoms with Gasteiger partial charge in [-0.05, 0) is 43.5 Å². The summed E-state index contributed by atoms with van der Waals surface area (Å²) in [6.45, 7) is 3.45. The van der Waals surface area contributed by atoms with E-state index in [4.69, 9.17) is 4.74 Å². The largest absolute Gasteiger partial charge is 0.365 e. The topological polar surface area (TPSA) is 89.4 Å². The molecule has 0 bridgehead atoms. The van der Waals surface area contributed by atoms with E-state index in [2.05, 4.69) is 15.6 Å². The number of benzene rings is 2. The van der Waals surface area contributed by atoms with E-state index in [-0.39, 0.29) is 48.2 Å². The van der Waals surface area contributed by atoms with Crippen molar-refractivity contribution in [2.75, 3.05) is 13.1 Å². The van der Waals surface area contributed by atoms with Crippen LogP contribution in [-0.4, -0.2) is 44.8 Å². The third kappa shape index (κ3) is 4.99. The quantitative estimate of drug-likeness (QED) is 0.587. The lowest BCUT2D eigenvalue weighted by molar-refractivity contribution is -0.126. The Bertz CT molecular complexity index is 1270. The van der Waals surface area contributed by atoms with E-state index in [0.717, 1.165) is 23.8 Å². The van der Waals surface area contributed by atoms with Crippen molar-refractivity contribution in [3.63, 3.8) is 0 Å². The molecule has 1 saturated heterocycles. The number of ether oxygens (including phenoxy) is 1. The number of aromatic nitrogens is 3. The zero-order valence-electron chi connectivity index (χ0n) is 19.9. The summed E-state index contributed by atoms with van der Waals surface area (Å²) < 4.78 is 34.9. The maximum absolute atomic E-state index is 13.8. The van der Waals surface area contributed by atoms with E-state index in [0.29, 0.717) is 38.2 Å². The highest BCUT2D eigenvalue weighted by Gasteiger charge is 2.33. The van der Waals surface area contributed by atoms with Crippen LogP contribution in [0.15, 0.2) is 42.5 Å². The third-order valence-corrected chi connectivity index (χ3v) is 6.86. The number of nitrogens with one attached hydrogen (secondary N) is 1. The molecular formula is C26H27F2N5O3. The van der Waals surface area contributed by atoms with Crippen molar-refractivity contribution in [2.24, 2.45) is 5.92 Å². The highest BCUT2D eigenvalue weighted by molar-refractivity contribution is 5.93. The van der Waals surface area contributed by atoms with Crippen molar-refractivity contribution in [3.8, 4) is 0 Å². The molecule has 10 heteroatoms. The van der Waals surface area contributed by atoms with Crippen molar-refractivity contribution >= 4 is 11.8 Å². The Kier molecular flexibility index (Phi) is 6.77. The minimum absolute atomic E-state index is 0.0857. The Balaban J connectivity index is 1.15. The molecule has 2 aromatic carbocycles. The minimum Gasteiger partial charge on any atom is -0.365 e. The van der Waals surface area contributed by atoms with Crippen LogP contribution in [0, 0.1) is 24.5 Å². The average molecular weight is 496 g/mol. The second-order valence-corrected chi connectivity index (χ2v) is 9.30. The number of rotatable bonds is 5. The van der Waals surface area contributed by atoms with Crippen LogP contribution in [0.3, 0.4) is 0 Å². The summed E-state index contributed by atoms with van der Waals surface area (Å²) in [4.78, 5) is 27.4. The molecule has 5 rings (SSSR count). The van der Waals surface area contributed by atoms with Gasteiger partial charge in [-0.1, -0.05) is 35.0 Å². The van der Waals surface area contributed by atoms with Crippen LogP contribution in [0.25, 0.3) is 0 Å². The average Bonchev–Trinajstić information content (AvgIpc) is 3.32. The van der Waals surface area contributed by atoms with Crippen LogP contribution in [0.1, 0.15) is 51.8 Å². The Labute approximate surface area is 207 Å². The van der Waals surface area contributed by atoms with E-state index in [9.17, 15) is 18.4 Å². The summed E-state index contributed by atoms with van der Waals surface area (Å²) in [5.74, 6) is -1.89. The molecule has 0 saturated carbocycles. The maximum atomic E-state index is 13.8. The van der Waals surface area contributed by atoms with Gasteiger partial charge in [0, 0.05) is 31.1 Å². The van der Waals surface area contributed by atoms with Crippen LogP contribution in [-0.2, 0) is 29.2 Å². The molecule has 0 unspecified atom stereocenters. The molecule has 2 amide bonds. The summed E-state index contributed by atoms with van der Waals surface area (Å²) in [6, 6.07) is 11.3. The summed E-state index contributed by atoms with van der Waals surface area (Å²) in [5.41, 5.74) is 3.25. The fourth-order valence-corrected chi connectivity index (χ4v) is 4.66. The Hall–Kier alpha value is -3.66. The van der Waals surface area contributed by atoms with E-state index < -0.39 is 11.6 Å². The first-order valence-corrected chi connectivity index (χ1v) is 12.0. The first kappa shape index (κ1) is 24.1. The summed E-state index contributed by atoms with van der Waals surface area (Å²) in [7, 11) is 0. The number of carbonyl (C=O) groups is 2. The summed E-state index contributed by atoms with van der Waals surface area (Å²) in [6.07, 6.45) is 0.787. The minimum atomic E-state index is -0.566. The lowest BCUT2D eigenvalue weighted by Gasteiger charge is -2.31. The fraction of sp³-hybridized carbons (Fsp3) is 0.385. The number of aryl methyl sites for hydroxylation is 1. The van der Waals surface area contributed by atoms with Gasteiger partial charge in [-0.2, -0.15) is 0 Å². The molecule has 0 spiro atoms. The van der Waals surface area contributed by atoms with Gasteiger partial charge in [0.15, 0.2) is 5.69 Å². The molecule has 188 valence electrons. The molecule has 3 aromatic rings. The Morgan fingerprint density at radius 1 is 1.11 bits per heavy atom. The van der Waals surface area contributed by atoms with Gasteiger partial charge in [-0.3, -0.25) is 9.59 Å². The first-order valence-electron chi connectivity index (χ1n) is 12.0. The standard InChI is InChI=1S/C26H27F2N5O3/c1-16-2-4-17(5-3-16)23-14-33-22(15-36-23)24(30-31-33)26(35)32-10-8-18(9-11-32)25(34)29-13-19-12-20(27)6-7-21(19)28/h2-7,12,18,23H,8-11,13-15H2,1H3,(H,29,34)/t23-/m1/s1. The van der Waals surface area contributed by atoms with Crippen molar-refractivity contribution in [1.29, 1.82) is 0 Å². The molecule has 0 aliphatic carbocycles. The van der Waals surface area contributed by atoms with Gasteiger partial charge in [-0.15, -0.1) is 5.10 Å². The zero-order valence-corrected chi connectivity index (χ0v) is 19.9. The molecule has 1 N–H and O–H groups in total. The smallest absolute Gasteiger partial charge is 0.276 e. The van der Waals surface area contributed by atoms with Gasteiger partial charge < -0.3 is 15.0 Å². The number of likely N-dealkylation sites (tertiary alicyclic amines) is 1. The van der Waals surface area contributed by atoms with Crippen LogP contribution < -0.4 is 5.32 Å². The molecule has 1 fully saturated rings. The van der Waals surface area contributed by atoms with Crippen molar-refractivity contribution in [2.45, 2.75) is 45.6 Å². The number of hydrogen-bond donors (Lipinski definition) is 1. The molecule has 2 aliphatic rings. The predicted molar refractivity (Wildman–Crippen MR) is 126 cm³/mol. The van der Waals surface area contributed by atoms with E-state index in [1.165, 1.54) is 5.56 Å². The number of piperidine rings is 1. The predicted octanol–water partition coefficient (Wildman–Crippen LogP) is 3.30. The van der Waals surface area contributed by atoms with Crippen LogP contribution >= 0.6 is 0 Å². The summed E-state index contributed by atoms with van der Waals surface area (Å²) in [5, 5.41) is 11.0. The number of hydrogen-bond acceptors (Lipinski definition) is 5. The molecule has 1 atom stereocenters. The number of carbonyl (C=O) groups excluding carboxylic acids is 2. The molecule has 36 heavy (non-hydrogen) atoms. The highest BCUT2D eigenvalue weighted by atomic mass is 19.1. The number of halogens is 2. The second kappa shape index (κ2) is 10.1. The molecule has 3 heterocycles. The molecular weight excluding hydrogens is 468 g/mol.